The lowest BCUT2D eigenvalue weighted by molar-refractivity contribution is 0.247. The number of hydrogen-bond acceptors (Lipinski definition) is 3. The van der Waals surface area contributed by atoms with Crippen molar-refractivity contribution in [3.05, 3.63) is 68.8 Å². The fourth-order valence-corrected chi connectivity index (χ4v) is 6.10. The van der Waals surface area contributed by atoms with Crippen LogP contribution in [0.5, 0.6) is 0 Å². The van der Waals surface area contributed by atoms with Crippen LogP contribution < -0.4 is 10.6 Å². The number of fused-ring (bicyclic) bond motifs is 1. The number of nitrogens with one attached hydrogen (secondary N) is 2. The molecule has 2 aromatic heterocycles. The number of carbonyl (C=O) groups excluding carboxylic acids is 1. The van der Waals surface area contributed by atoms with Gasteiger partial charge in [-0.15, -0.1) is 11.3 Å². The van der Waals surface area contributed by atoms with Gasteiger partial charge in [0.1, 0.15) is 5.00 Å². The number of amides is 2. The van der Waals surface area contributed by atoms with E-state index in [1.54, 1.807) is 0 Å². The van der Waals surface area contributed by atoms with Crippen molar-refractivity contribution in [2.75, 3.05) is 18.9 Å². The number of nitrogens with zero attached hydrogens (tertiary/aromatic N) is 2. The van der Waals surface area contributed by atoms with Gasteiger partial charge in [0, 0.05) is 46.1 Å². The first-order chi connectivity index (χ1) is 15.8. The van der Waals surface area contributed by atoms with E-state index in [-0.39, 0.29) is 12.1 Å². The van der Waals surface area contributed by atoms with Gasteiger partial charge < -0.3 is 20.1 Å². The molecule has 0 aliphatic carbocycles. The van der Waals surface area contributed by atoms with E-state index in [0.29, 0.717) is 5.92 Å². The third kappa shape index (κ3) is 5.70. The third-order valence-corrected chi connectivity index (χ3v) is 8.35. The monoisotopic (exact) mass is 528 g/mol. The van der Waals surface area contributed by atoms with E-state index in [4.69, 9.17) is 0 Å². The number of thiophene rings is 1. The number of aromatic nitrogens is 1. The lowest BCUT2D eigenvalue weighted by Crippen LogP contribution is -2.34. The molecule has 0 radical (unpaired) electrons. The Balaban J connectivity index is 1.66. The average molecular weight is 530 g/mol. The van der Waals surface area contributed by atoms with Crippen LogP contribution in [-0.4, -0.2) is 29.1 Å². The average Bonchev–Trinajstić information content (AvgIpc) is 3.41. The van der Waals surface area contributed by atoms with E-state index >= 15 is 0 Å². The third-order valence-electron chi connectivity index (χ3n) is 6.21. The Labute approximate surface area is 209 Å². The summed E-state index contributed by atoms with van der Waals surface area (Å²) in [6.07, 6.45) is 7.20. The van der Waals surface area contributed by atoms with Gasteiger partial charge in [-0.1, -0.05) is 29.8 Å². The van der Waals surface area contributed by atoms with Crippen molar-refractivity contribution in [1.29, 1.82) is 0 Å². The number of carbonyl (C=O) groups is 1. The predicted octanol–water partition coefficient (Wildman–Crippen LogP) is 6.90. The Bertz CT molecular complexity index is 1110. The van der Waals surface area contributed by atoms with E-state index in [9.17, 15) is 4.79 Å². The van der Waals surface area contributed by atoms with Gasteiger partial charge in [-0.3, -0.25) is 0 Å². The molecular weight excluding hydrogens is 496 g/mol. The fourth-order valence-electron chi connectivity index (χ4n) is 4.40. The standard InChI is InChI=1S/C26H33BrN4OS/c1-17(2)7-10-22(29-26(32)28-19-8-9-21(27)18(3)15-19)24-20-11-14-30(4)16-23(20)33-25(24)31-12-5-6-13-31/h5-6,8-9,12-13,15,17,22H,7,10-11,14,16H2,1-4H3,(H2,28,29,32). The fraction of sp³-hybridized carbons (Fsp3) is 0.423. The second-order valence-corrected chi connectivity index (χ2v) is 11.3. The number of hydrogen-bond donors (Lipinski definition) is 2. The Hall–Kier alpha value is -2.09. The molecule has 0 bridgehead atoms. The SMILES string of the molecule is Cc1cc(NC(=O)NC(CCC(C)C)c2c(-n3cccc3)sc3c2CCN(C)C3)ccc1Br. The molecule has 7 heteroatoms. The van der Waals surface area contributed by atoms with Crippen LogP contribution in [0.2, 0.25) is 0 Å². The highest BCUT2D eigenvalue weighted by Gasteiger charge is 2.29. The van der Waals surface area contributed by atoms with Gasteiger partial charge >= 0.3 is 6.03 Å². The number of rotatable bonds is 7. The second kappa shape index (κ2) is 10.5. The molecule has 1 aliphatic heterocycles. The lowest BCUT2D eigenvalue weighted by atomic mass is 9.92. The van der Waals surface area contributed by atoms with Gasteiger partial charge in [-0.2, -0.15) is 0 Å². The molecule has 5 nitrogen and oxygen atoms in total. The zero-order valence-electron chi connectivity index (χ0n) is 19.8. The molecule has 2 amide bonds. The molecule has 0 spiro atoms. The van der Waals surface area contributed by atoms with Crippen molar-refractivity contribution in [2.45, 2.75) is 52.6 Å². The number of aryl methyl sites for hydroxylation is 1. The number of benzene rings is 1. The van der Waals surface area contributed by atoms with Gasteiger partial charge in [0.2, 0.25) is 0 Å². The molecule has 1 unspecified atom stereocenters. The van der Waals surface area contributed by atoms with Gasteiger partial charge in [0.15, 0.2) is 0 Å². The van der Waals surface area contributed by atoms with Crippen LogP contribution in [0.15, 0.2) is 47.2 Å². The maximum absolute atomic E-state index is 13.1. The van der Waals surface area contributed by atoms with Crippen LogP contribution in [0.1, 0.15) is 54.3 Å². The molecule has 1 aromatic carbocycles. The zero-order valence-corrected chi connectivity index (χ0v) is 22.2. The molecule has 33 heavy (non-hydrogen) atoms. The van der Waals surface area contributed by atoms with E-state index in [2.05, 4.69) is 81.5 Å². The highest BCUT2D eigenvalue weighted by atomic mass is 79.9. The summed E-state index contributed by atoms with van der Waals surface area (Å²) >= 11 is 5.39. The van der Waals surface area contributed by atoms with E-state index in [1.807, 2.05) is 36.5 Å². The Kier molecular flexibility index (Phi) is 7.62. The first-order valence-corrected chi connectivity index (χ1v) is 13.2. The molecule has 3 heterocycles. The maximum Gasteiger partial charge on any atom is 0.319 e. The van der Waals surface area contributed by atoms with Crippen LogP contribution >= 0.6 is 27.3 Å². The summed E-state index contributed by atoms with van der Waals surface area (Å²) in [6.45, 7) is 8.52. The minimum Gasteiger partial charge on any atom is -0.331 e. The van der Waals surface area contributed by atoms with Crippen molar-refractivity contribution < 1.29 is 4.79 Å². The molecule has 2 N–H and O–H groups in total. The first-order valence-electron chi connectivity index (χ1n) is 11.6. The van der Waals surface area contributed by atoms with Gasteiger partial charge in [-0.25, -0.2) is 4.79 Å². The summed E-state index contributed by atoms with van der Waals surface area (Å²) in [7, 11) is 2.18. The number of anilines is 1. The van der Waals surface area contributed by atoms with E-state index in [0.717, 1.165) is 48.1 Å². The largest absolute Gasteiger partial charge is 0.331 e. The van der Waals surface area contributed by atoms with Crippen LogP contribution in [0.4, 0.5) is 10.5 Å². The molecule has 3 aromatic rings. The molecule has 0 saturated carbocycles. The number of likely N-dealkylation sites (N-methyl/N-ethyl adjacent to an activating group) is 1. The molecular formula is C26H33BrN4OS. The minimum absolute atomic E-state index is 0.0373. The van der Waals surface area contributed by atoms with Gasteiger partial charge in [0.05, 0.1) is 6.04 Å². The first kappa shape index (κ1) is 24.0. The normalized spacial score (nSPS) is 14.8. The van der Waals surface area contributed by atoms with Crippen LogP contribution in [0.25, 0.3) is 5.00 Å². The minimum atomic E-state index is -0.156. The van der Waals surface area contributed by atoms with E-state index < -0.39 is 0 Å². The van der Waals surface area contributed by atoms with Gasteiger partial charge in [-0.05, 0) is 80.6 Å². The van der Waals surface area contributed by atoms with Crippen molar-refractivity contribution >= 4 is 39.0 Å². The van der Waals surface area contributed by atoms with Gasteiger partial charge in [0.25, 0.3) is 0 Å². The summed E-state index contributed by atoms with van der Waals surface area (Å²) in [4.78, 5) is 16.9. The Morgan fingerprint density at radius 1 is 1.21 bits per heavy atom. The van der Waals surface area contributed by atoms with Crippen LogP contribution in [-0.2, 0) is 13.0 Å². The van der Waals surface area contributed by atoms with Crippen molar-refractivity contribution in [1.82, 2.24) is 14.8 Å². The van der Waals surface area contributed by atoms with Crippen LogP contribution in [0, 0.1) is 12.8 Å². The summed E-state index contributed by atoms with van der Waals surface area (Å²) in [5.41, 5.74) is 4.61. The number of urea groups is 1. The molecule has 176 valence electrons. The topological polar surface area (TPSA) is 49.3 Å². The molecule has 4 rings (SSSR count). The van der Waals surface area contributed by atoms with Crippen molar-refractivity contribution in [2.24, 2.45) is 5.92 Å². The Morgan fingerprint density at radius 2 is 1.97 bits per heavy atom. The predicted molar refractivity (Wildman–Crippen MR) is 142 cm³/mol. The summed E-state index contributed by atoms with van der Waals surface area (Å²) < 4.78 is 3.24. The van der Waals surface area contributed by atoms with Crippen LogP contribution in [0.3, 0.4) is 0 Å². The molecule has 1 atom stereocenters. The molecule has 0 saturated heterocycles. The van der Waals surface area contributed by atoms with Crippen molar-refractivity contribution in [3.63, 3.8) is 0 Å². The second-order valence-electron chi connectivity index (χ2n) is 9.39. The zero-order chi connectivity index (χ0) is 23.5. The van der Waals surface area contributed by atoms with E-state index in [1.165, 1.54) is 21.0 Å². The summed E-state index contributed by atoms with van der Waals surface area (Å²) in [6, 6.07) is 9.81. The Morgan fingerprint density at radius 3 is 2.67 bits per heavy atom. The molecule has 0 fully saturated rings. The van der Waals surface area contributed by atoms with Crippen molar-refractivity contribution in [3.8, 4) is 5.00 Å². The smallest absolute Gasteiger partial charge is 0.319 e. The lowest BCUT2D eigenvalue weighted by Gasteiger charge is -2.26. The highest BCUT2D eigenvalue weighted by Crippen LogP contribution is 2.40. The summed E-state index contributed by atoms with van der Waals surface area (Å²) in [5, 5.41) is 7.62. The molecule has 1 aliphatic rings. The number of halogens is 1. The maximum atomic E-state index is 13.1. The summed E-state index contributed by atoms with van der Waals surface area (Å²) in [5.74, 6) is 0.571. The highest BCUT2D eigenvalue weighted by molar-refractivity contribution is 9.10. The quantitative estimate of drug-likeness (QED) is 0.350.